The number of fused-ring (bicyclic) bond motifs is 1. The van der Waals surface area contributed by atoms with Crippen LogP contribution in [-0.2, 0) is 17.5 Å². The highest BCUT2D eigenvalue weighted by molar-refractivity contribution is 6.30. The van der Waals surface area contributed by atoms with Crippen LogP contribution >= 0.6 is 11.6 Å². The Morgan fingerprint density at radius 3 is 2.40 bits per heavy atom. The minimum Gasteiger partial charge on any atom is -0.457 e. The van der Waals surface area contributed by atoms with Crippen LogP contribution in [0.2, 0.25) is 5.02 Å². The van der Waals surface area contributed by atoms with Crippen molar-refractivity contribution in [2.24, 2.45) is 11.5 Å². The van der Waals surface area contributed by atoms with Gasteiger partial charge in [-0.15, -0.1) is 0 Å². The van der Waals surface area contributed by atoms with E-state index in [9.17, 15) is 22.8 Å². The molecule has 1 aromatic heterocycles. The van der Waals surface area contributed by atoms with Gasteiger partial charge in [-0.3, -0.25) is 15.0 Å². The van der Waals surface area contributed by atoms with Gasteiger partial charge in [-0.05, 0) is 85.1 Å². The number of guanidine groups is 1. The van der Waals surface area contributed by atoms with Crippen molar-refractivity contribution < 1.29 is 27.5 Å². The third kappa shape index (κ3) is 8.23. The number of alkyl halides is 3. The molecule has 0 saturated heterocycles. The van der Waals surface area contributed by atoms with Crippen LogP contribution in [0.4, 0.5) is 13.2 Å². The quantitative estimate of drug-likeness (QED) is 0.0584. The molecule has 0 bridgehead atoms. The minimum atomic E-state index is -4.50. The van der Waals surface area contributed by atoms with Crippen LogP contribution in [0.1, 0.15) is 40.4 Å². The summed E-state index contributed by atoms with van der Waals surface area (Å²) < 4.78 is 47.2. The van der Waals surface area contributed by atoms with Crippen LogP contribution in [0.15, 0.2) is 91.0 Å². The first-order valence-electron chi connectivity index (χ1n) is 14.8. The van der Waals surface area contributed by atoms with Crippen LogP contribution in [0.3, 0.4) is 0 Å². The molecule has 5 aromatic rings. The smallest absolute Gasteiger partial charge is 0.416 e. The molecule has 4 aromatic carbocycles. The second-order valence-corrected chi connectivity index (χ2v) is 11.3. The molecule has 2 amide bonds. The average Bonchev–Trinajstić information content (AvgIpc) is 3.43. The second kappa shape index (κ2) is 14.5. The molecule has 14 heteroatoms. The minimum absolute atomic E-state index is 0.126. The topological polar surface area (TPSA) is 161 Å². The summed E-state index contributed by atoms with van der Waals surface area (Å²) in [4.78, 5) is 30.8. The molecule has 0 radical (unpaired) electrons. The van der Waals surface area contributed by atoms with Crippen LogP contribution in [-0.4, -0.2) is 33.9 Å². The maximum atomic E-state index is 13.1. The molecule has 1 atom stereocenters. The number of carbonyl (C=O) groups is 2. The molecule has 0 aliphatic rings. The van der Waals surface area contributed by atoms with Crippen molar-refractivity contribution in [3.8, 4) is 22.9 Å². The summed E-state index contributed by atoms with van der Waals surface area (Å²) in [5.41, 5.74) is 12.5. The number of primary amides is 1. The number of halogens is 4. The fraction of sp³-hybridized carbons (Fsp3) is 0.176. The van der Waals surface area contributed by atoms with E-state index in [4.69, 9.17) is 38.2 Å². The molecule has 5 rings (SSSR count). The largest absolute Gasteiger partial charge is 0.457 e. The monoisotopic (exact) mass is 677 g/mol. The lowest BCUT2D eigenvalue weighted by Gasteiger charge is -2.20. The number of nitrogens with two attached hydrogens (primary N) is 2. The number of carbonyl (C=O) groups excluding carboxylic acids is 2. The van der Waals surface area contributed by atoms with Gasteiger partial charge in [0.05, 0.1) is 16.6 Å². The predicted molar refractivity (Wildman–Crippen MR) is 177 cm³/mol. The maximum Gasteiger partial charge on any atom is 0.416 e. The molecule has 0 aliphatic carbocycles. The Labute approximate surface area is 278 Å². The number of rotatable bonds is 12. The van der Waals surface area contributed by atoms with Crippen molar-refractivity contribution in [3.05, 3.63) is 113 Å². The van der Waals surface area contributed by atoms with Gasteiger partial charge < -0.3 is 31.4 Å². The van der Waals surface area contributed by atoms with Gasteiger partial charge in [0.25, 0.3) is 5.91 Å². The number of ether oxygens (including phenoxy) is 1. The summed E-state index contributed by atoms with van der Waals surface area (Å²) in [5, 5.41) is 13.3. The third-order valence-corrected chi connectivity index (χ3v) is 7.66. The number of hydrogen-bond donors (Lipinski definition) is 5. The zero-order valence-electron chi connectivity index (χ0n) is 25.4. The average molecular weight is 678 g/mol. The fourth-order valence-corrected chi connectivity index (χ4v) is 5.28. The van der Waals surface area contributed by atoms with E-state index in [-0.39, 0.29) is 30.1 Å². The fourth-order valence-electron chi connectivity index (χ4n) is 5.16. The third-order valence-electron chi connectivity index (χ3n) is 7.41. The first-order chi connectivity index (χ1) is 22.9. The van der Waals surface area contributed by atoms with E-state index >= 15 is 0 Å². The van der Waals surface area contributed by atoms with Gasteiger partial charge in [0.15, 0.2) is 5.96 Å². The summed E-state index contributed by atoms with van der Waals surface area (Å²) in [6.07, 6.45) is -3.77. The standard InChI is InChI=1S/C34H31ClF3N7O3/c35-24-10-12-25(13-11-24)48-26-7-2-5-21(17-26)31-44-27-18-22(32(47)43-19-20-4-1-6-23(16-20)34(36,37)38)9-14-28(27)45(31)29(30(39)46)8-3-15-42-33(40)41/h1-2,4-7,9-14,16-18,29H,3,8,15,19H2,(H2,39,46)(H,43,47)(H4,40,41,42)/t29-/m0/s1. The molecule has 48 heavy (non-hydrogen) atoms. The van der Waals surface area contributed by atoms with E-state index in [0.29, 0.717) is 51.9 Å². The normalized spacial score (nSPS) is 12.0. The van der Waals surface area contributed by atoms with Crippen LogP contribution in [0.5, 0.6) is 11.5 Å². The molecule has 0 aliphatic heterocycles. The highest BCUT2D eigenvalue weighted by Gasteiger charge is 2.30. The lowest BCUT2D eigenvalue weighted by atomic mass is 10.1. The van der Waals surface area contributed by atoms with Gasteiger partial charge in [0.1, 0.15) is 23.4 Å². The number of benzene rings is 4. The number of hydrogen-bond acceptors (Lipinski definition) is 5. The Hall–Kier alpha value is -5.56. The Balaban J connectivity index is 1.49. The Morgan fingerprint density at radius 1 is 0.938 bits per heavy atom. The molecule has 0 unspecified atom stereocenters. The van der Waals surface area contributed by atoms with Crippen molar-refractivity contribution in [1.29, 1.82) is 5.41 Å². The number of amides is 2. The summed E-state index contributed by atoms with van der Waals surface area (Å²) in [5.74, 6) is 0.0933. The summed E-state index contributed by atoms with van der Waals surface area (Å²) in [6.45, 7) is 0.209. The van der Waals surface area contributed by atoms with Gasteiger partial charge in [-0.25, -0.2) is 4.98 Å². The van der Waals surface area contributed by atoms with Gasteiger partial charge in [-0.2, -0.15) is 13.2 Å². The van der Waals surface area contributed by atoms with Gasteiger partial charge >= 0.3 is 6.18 Å². The molecule has 10 nitrogen and oxygen atoms in total. The molecule has 0 spiro atoms. The van der Waals surface area contributed by atoms with Gasteiger partial charge in [0.2, 0.25) is 5.91 Å². The zero-order chi connectivity index (χ0) is 34.4. The number of nitrogens with zero attached hydrogens (tertiary/aromatic N) is 2. The molecule has 7 N–H and O–H groups in total. The van der Waals surface area contributed by atoms with Crippen molar-refractivity contribution in [3.63, 3.8) is 0 Å². The lowest BCUT2D eigenvalue weighted by molar-refractivity contribution is -0.137. The molecule has 248 valence electrons. The summed E-state index contributed by atoms with van der Waals surface area (Å²) in [7, 11) is 0. The van der Waals surface area contributed by atoms with Gasteiger partial charge in [0, 0.05) is 29.2 Å². The van der Waals surface area contributed by atoms with E-state index in [1.54, 1.807) is 71.3 Å². The van der Waals surface area contributed by atoms with Gasteiger partial charge in [-0.1, -0.05) is 35.9 Å². The van der Waals surface area contributed by atoms with E-state index in [1.807, 2.05) is 0 Å². The summed E-state index contributed by atoms with van der Waals surface area (Å²) in [6, 6.07) is 22.5. The van der Waals surface area contributed by atoms with E-state index in [0.717, 1.165) is 12.1 Å². The van der Waals surface area contributed by atoms with Crippen molar-refractivity contribution >= 4 is 40.4 Å². The molecule has 1 heterocycles. The number of aromatic nitrogens is 2. The van der Waals surface area contributed by atoms with Crippen molar-refractivity contribution in [1.82, 2.24) is 20.2 Å². The van der Waals surface area contributed by atoms with E-state index in [1.165, 1.54) is 12.1 Å². The van der Waals surface area contributed by atoms with Crippen LogP contribution in [0, 0.1) is 5.41 Å². The first-order valence-corrected chi connectivity index (χ1v) is 15.1. The Kier molecular flexibility index (Phi) is 10.2. The zero-order valence-corrected chi connectivity index (χ0v) is 26.1. The molecule has 0 fully saturated rings. The maximum absolute atomic E-state index is 13.1. The number of imidazole rings is 1. The Bertz CT molecular complexity index is 1960. The molecule has 0 saturated carbocycles. The second-order valence-electron chi connectivity index (χ2n) is 10.9. The van der Waals surface area contributed by atoms with Crippen LogP contribution < -0.4 is 26.8 Å². The van der Waals surface area contributed by atoms with Crippen molar-refractivity contribution in [2.75, 3.05) is 6.54 Å². The lowest BCUT2D eigenvalue weighted by Crippen LogP contribution is -2.32. The highest BCUT2D eigenvalue weighted by atomic mass is 35.5. The van der Waals surface area contributed by atoms with Crippen molar-refractivity contribution in [2.45, 2.75) is 31.6 Å². The first kappa shape index (κ1) is 33.8. The van der Waals surface area contributed by atoms with E-state index < -0.39 is 29.6 Å². The van der Waals surface area contributed by atoms with Crippen LogP contribution in [0.25, 0.3) is 22.4 Å². The Morgan fingerprint density at radius 2 is 1.69 bits per heavy atom. The highest BCUT2D eigenvalue weighted by Crippen LogP contribution is 2.34. The van der Waals surface area contributed by atoms with E-state index in [2.05, 4.69) is 10.6 Å². The number of nitrogens with one attached hydrogen (secondary N) is 3. The molecular weight excluding hydrogens is 647 g/mol. The summed E-state index contributed by atoms with van der Waals surface area (Å²) >= 11 is 6.00. The SMILES string of the molecule is N=C(N)NCCC[C@@H](C(N)=O)n1c(-c2cccc(Oc3ccc(Cl)cc3)c2)nc2cc(C(=O)NCc3cccc(C(F)(F)F)c3)ccc21. The predicted octanol–water partition coefficient (Wildman–Crippen LogP) is 6.39. The molecular formula is C34H31ClF3N7O3.